The number of hydrogen-bond donors (Lipinski definition) is 0. The van der Waals surface area contributed by atoms with Gasteiger partial charge in [-0.3, -0.25) is 0 Å². The number of carbonyl (C=O) groups excluding carboxylic acids is 2. The van der Waals surface area contributed by atoms with Crippen LogP contribution in [0.5, 0.6) is 0 Å². The molecule has 0 aliphatic heterocycles. The second-order valence-electron chi connectivity index (χ2n) is 9.76. The van der Waals surface area contributed by atoms with Crippen molar-refractivity contribution in [1.29, 1.82) is 0 Å². The predicted molar refractivity (Wildman–Crippen MR) is 133 cm³/mol. The van der Waals surface area contributed by atoms with Gasteiger partial charge >= 0.3 is 12.2 Å². The third-order valence-electron chi connectivity index (χ3n) is 4.32. The summed E-state index contributed by atoms with van der Waals surface area (Å²) in [5, 5.41) is 4.16. The van der Waals surface area contributed by atoms with Crippen LogP contribution in [0.4, 0.5) is 15.4 Å². The Labute approximate surface area is 207 Å². The van der Waals surface area contributed by atoms with E-state index in [9.17, 15) is 9.59 Å². The van der Waals surface area contributed by atoms with Gasteiger partial charge in [-0.15, -0.1) is 0 Å². The molecule has 34 heavy (non-hydrogen) atoms. The summed E-state index contributed by atoms with van der Waals surface area (Å²) < 4.78 is 17.2. The second kappa shape index (κ2) is 9.58. The van der Waals surface area contributed by atoms with Gasteiger partial charge in [-0.25, -0.2) is 14.6 Å². The summed E-state index contributed by atoms with van der Waals surface area (Å²) in [5.41, 5.74) is 1.24. The molecule has 180 valence electrons. The maximum absolute atomic E-state index is 13.1. The van der Waals surface area contributed by atoms with Crippen molar-refractivity contribution in [2.75, 3.05) is 4.90 Å². The number of aryl methyl sites for hydroxylation is 1. The highest BCUT2D eigenvalue weighted by Crippen LogP contribution is 2.35. The lowest BCUT2D eigenvalue weighted by molar-refractivity contribution is 0.0429. The van der Waals surface area contributed by atoms with Crippen molar-refractivity contribution in [3.63, 3.8) is 0 Å². The van der Waals surface area contributed by atoms with E-state index in [4.69, 9.17) is 14.0 Å². The van der Waals surface area contributed by atoms with Crippen molar-refractivity contribution < 1.29 is 23.6 Å². The molecule has 0 aliphatic carbocycles. The van der Waals surface area contributed by atoms with E-state index in [0.717, 1.165) is 16.0 Å². The number of nitrogens with zero attached hydrogens (tertiary/aromatic N) is 3. The number of amides is 2. The number of pyridine rings is 1. The van der Waals surface area contributed by atoms with Gasteiger partial charge in [0.1, 0.15) is 16.9 Å². The van der Waals surface area contributed by atoms with Crippen LogP contribution in [0.1, 0.15) is 47.1 Å². The number of rotatable bonds is 3. The molecule has 0 bridgehead atoms. The number of halogens is 1. The van der Waals surface area contributed by atoms with Gasteiger partial charge in [-0.2, -0.15) is 4.90 Å². The minimum Gasteiger partial charge on any atom is -0.443 e. The molecule has 0 saturated carbocycles. The average molecular weight is 530 g/mol. The minimum atomic E-state index is -0.920. The maximum Gasteiger partial charge on any atom is 0.425 e. The van der Waals surface area contributed by atoms with Crippen molar-refractivity contribution in [2.24, 2.45) is 0 Å². The Bertz CT molecular complexity index is 1160. The summed E-state index contributed by atoms with van der Waals surface area (Å²) in [6.45, 7) is 12.2. The molecule has 0 saturated heterocycles. The SMILES string of the molecule is Cc1ccc(-c2cc(-c3cc(Br)cnc3N(C(=O)OC(C)(C)C)C(=O)OC(C)(C)C)on2)cc1. The number of ether oxygens (including phenoxy) is 2. The van der Waals surface area contributed by atoms with Gasteiger partial charge in [-0.1, -0.05) is 35.0 Å². The third-order valence-corrected chi connectivity index (χ3v) is 4.75. The topological polar surface area (TPSA) is 94.8 Å². The van der Waals surface area contributed by atoms with Gasteiger partial charge in [0, 0.05) is 22.3 Å². The van der Waals surface area contributed by atoms with Gasteiger partial charge in [0.05, 0.1) is 5.56 Å². The van der Waals surface area contributed by atoms with Gasteiger partial charge in [-0.05, 0) is 70.5 Å². The first kappa shape index (κ1) is 25.4. The van der Waals surface area contributed by atoms with E-state index in [1.807, 2.05) is 31.2 Å². The van der Waals surface area contributed by atoms with Crippen LogP contribution in [0.25, 0.3) is 22.6 Å². The Kier molecular flexibility index (Phi) is 7.16. The quantitative estimate of drug-likeness (QED) is 0.355. The van der Waals surface area contributed by atoms with Crippen molar-refractivity contribution >= 4 is 33.9 Å². The van der Waals surface area contributed by atoms with Gasteiger partial charge < -0.3 is 14.0 Å². The average Bonchev–Trinajstić information content (AvgIpc) is 3.17. The Morgan fingerprint density at radius 1 is 0.941 bits per heavy atom. The largest absolute Gasteiger partial charge is 0.443 e. The van der Waals surface area contributed by atoms with Gasteiger partial charge in [0.25, 0.3) is 0 Å². The van der Waals surface area contributed by atoms with E-state index >= 15 is 0 Å². The molecule has 0 radical (unpaired) electrons. The molecule has 9 heteroatoms. The molecule has 2 amide bonds. The molecule has 2 heterocycles. The monoisotopic (exact) mass is 529 g/mol. The summed E-state index contributed by atoms with van der Waals surface area (Å²) in [5.74, 6) is 0.315. The number of anilines is 1. The fourth-order valence-corrected chi connectivity index (χ4v) is 3.25. The van der Waals surface area contributed by atoms with Crippen LogP contribution in [0.2, 0.25) is 0 Å². The third kappa shape index (κ3) is 6.44. The predicted octanol–water partition coefficient (Wildman–Crippen LogP) is 7.15. The lowest BCUT2D eigenvalue weighted by Gasteiger charge is -2.28. The molecule has 0 fully saturated rings. The minimum absolute atomic E-state index is 0.00157. The van der Waals surface area contributed by atoms with Crippen LogP contribution in [-0.2, 0) is 9.47 Å². The van der Waals surface area contributed by atoms with Crippen LogP contribution in [0.3, 0.4) is 0 Å². The normalized spacial score (nSPS) is 11.8. The zero-order valence-corrected chi connectivity index (χ0v) is 21.9. The fourth-order valence-electron chi connectivity index (χ4n) is 2.92. The smallest absolute Gasteiger partial charge is 0.425 e. The Hall–Kier alpha value is -3.20. The lowest BCUT2D eigenvalue weighted by atomic mass is 10.1. The zero-order chi connectivity index (χ0) is 25.3. The van der Waals surface area contributed by atoms with Gasteiger partial charge in [0.2, 0.25) is 0 Å². The first-order valence-corrected chi connectivity index (χ1v) is 11.5. The van der Waals surface area contributed by atoms with Crippen LogP contribution >= 0.6 is 15.9 Å². The van der Waals surface area contributed by atoms with E-state index in [-0.39, 0.29) is 5.82 Å². The zero-order valence-electron chi connectivity index (χ0n) is 20.3. The van der Waals surface area contributed by atoms with E-state index in [2.05, 4.69) is 26.1 Å². The molecule has 0 spiro atoms. The first-order chi connectivity index (χ1) is 15.7. The molecule has 0 unspecified atom stereocenters. The van der Waals surface area contributed by atoms with Crippen LogP contribution in [-0.4, -0.2) is 33.5 Å². The van der Waals surface area contributed by atoms with E-state index in [0.29, 0.717) is 21.5 Å². The summed E-state index contributed by atoms with van der Waals surface area (Å²) in [4.78, 5) is 31.3. The lowest BCUT2D eigenvalue weighted by Crippen LogP contribution is -2.44. The second-order valence-corrected chi connectivity index (χ2v) is 10.7. The summed E-state index contributed by atoms with van der Waals surface area (Å²) >= 11 is 3.40. The number of hydrogen-bond acceptors (Lipinski definition) is 7. The summed E-state index contributed by atoms with van der Waals surface area (Å²) in [7, 11) is 0. The Morgan fingerprint density at radius 3 is 2.03 bits per heavy atom. The molecule has 8 nitrogen and oxygen atoms in total. The number of benzene rings is 1. The summed E-state index contributed by atoms with van der Waals surface area (Å²) in [6, 6.07) is 11.2. The molecule has 3 aromatic rings. The number of aromatic nitrogens is 2. The van der Waals surface area contributed by atoms with E-state index in [1.54, 1.807) is 53.7 Å². The molecule has 1 aromatic carbocycles. The van der Waals surface area contributed by atoms with Crippen LogP contribution in [0.15, 0.2) is 51.6 Å². The molecule has 0 N–H and O–H groups in total. The molecule has 3 rings (SSSR count). The van der Waals surface area contributed by atoms with E-state index in [1.165, 1.54) is 6.20 Å². The molecule has 0 atom stereocenters. The van der Waals surface area contributed by atoms with Crippen molar-refractivity contribution in [2.45, 2.75) is 59.7 Å². The maximum atomic E-state index is 13.1. The van der Waals surface area contributed by atoms with Crippen LogP contribution < -0.4 is 4.90 Å². The standard InChI is InChI=1S/C25H28BrN3O5/c1-15-8-10-16(11-9-15)19-13-20(34-28-19)18-12-17(26)14-27-21(18)29(22(30)32-24(2,3)4)23(31)33-25(5,6)7/h8-14H,1-7H3. The Morgan fingerprint density at radius 2 is 1.50 bits per heavy atom. The van der Waals surface area contributed by atoms with Crippen molar-refractivity contribution in [3.8, 4) is 22.6 Å². The number of imide groups is 1. The highest BCUT2D eigenvalue weighted by atomic mass is 79.9. The van der Waals surface area contributed by atoms with Crippen LogP contribution in [0, 0.1) is 6.92 Å². The fraction of sp³-hybridized carbons (Fsp3) is 0.360. The van der Waals surface area contributed by atoms with E-state index < -0.39 is 23.4 Å². The van der Waals surface area contributed by atoms with Crippen molar-refractivity contribution in [3.05, 3.63) is 52.6 Å². The summed E-state index contributed by atoms with van der Waals surface area (Å²) in [6.07, 6.45) is -0.371. The molecule has 2 aromatic heterocycles. The number of carbonyl (C=O) groups is 2. The van der Waals surface area contributed by atoms with Crippen molar-refractivity contribution in [1.82, 2.24) is 10.1 Å². The first-order valence-electron chi connectivity index (χ1n) is 10.7. The highest BCUT2D eigenvalue weighted by Gasteiger charge is 2.36. The van der Waals surface area contributed by atoms with Gasteiger partial charge in [0.15, 0.2) is 11.6 Å². The molecular weight excluding hydrogens is 502 g/mol. The molecule has 0 aliphatic rings. The Balaban J connectivity index is 2.10. The highest BCUT2D eigenvalue weighted by molar-refractivity contribution is 9.10. The molecular formula is C25H28BrN3O5.